The quantitative estimate of drug-likeness (QED) is 0.878. The molecule has 0 radical (unpaired) electrons. The molecule has 27 heavy (non-hydrogen) atoms. The Hall–Kier alpha value is -2.63. The molecule has 0 aliphatic carbocycles. The van der Waals surface area contributed by atoms with E-state index in [9.17, 15) is 14.7 Å². The number of hydrogen-bond acceptors (Lipinski definition) is 3. The van der Waals surface area contributed by atoms with Crippen molar-refractivity contribution in [3.8, 4) is 5.69 Å². The molecule has 1 amide bonds. The number of carbonyl (C=O) groups is 2. The summed E-state index contributed by atoms with van der Waals surface area (Å²) in [6.45, 7) is 8.76. The number of carboxylic acids is 1. The zero-order chi connectivity index (χ0) is 19.5. The second kappa shape index (κ2) is 5.94. The van der Waals surface area contributed by atoms with Gasteiger partial charge in [0.1, 0.15) is 5.82 Å². The monoisotopic (exact) mass is 367 g/mol. The number of fused-ring (bicyclic) bond motifs is 5. The van der Waals surface area contributed by atoms with Gasteiger partial charge in [-0.1, -0.05) is 39.8 Å². The van der Waals surface area contributed by atoms with Crippen molar-refractivity contribution >= 4 is 11.9 Å². The molecule has 2 aliphatic heterocycles. The fraction of sp³-hybridized carbons (Fsp3) is 0.476. The molecule has 1 N–H and O–H groups in total. The van der Waals surface area contributed by atoms with Crippen LogP contribution in [0.2, 0.25) is 0 Å². The summed E-state index contributed by atoms with van der Waals surface area (Å²) in [6, 6.07) is 5.60. The van der Waals surface area contributed by atoms with Crippen LogP contribution in [-0.2, 0) is 11.8 Å². The van der Waals surface area contributed by atoms with Gasteiger partial charge in [0, 0.05) is 12.0 Å². The lowest BCUT2D eigenvalue weighted by molar-refractivity contribution is 0.0673. The largest absolute Gasteiger partial charge is 0.476 e. The SMILES string of the molecule is CCc1cccc2c1C(=O)N1CCC[C@H]1c1c(C(=O)O)nc(C(C)(C)C)n1-2. The number of amides is 1. The Morgan fingerprint density at radius 2 is 2.07 bits per heavy atom. The minimum absolute atomic E-state index is 0.00449. The molecule has 2 aromatic rings. The molecule has 0 spiro atoms. The summed E-state index contributed by atoms with van der Waals surface area (Å²) < 4.78 is 1.96. The maximum Gasteiger partial charge on any atom is 0.356 e. The normalized spacial score (nSPS) is 18.7. The van der Waals surface area contributed by atoms with Crippen molar-refractivity contribution in [2.24, 2.45) is 0 Å². The molecule has 4 rings (SSSR count). The van der Waals surface area contributed by atoms with Gasteiger partial charge in [-0.25, -0.2) is 9.78 Å². The van der Waals surface area contributed by atoms with Crippen LogP contribution in [0.25, 0.3) is 5.69 Å². The first-order chi connectivity index (χ1) is 12.8. The van der Waals surface area contributed by atoms with Gasteiger partial charge in [0.15, 0.2) is 5.69 Å². The molecule has 142 valence electrons. The molecule has 1 fully saturated rings. The highest BCUT2D eigenvalue weighted by atomic mass is 16.4. The van der Waals surface area contributed by atoms with Crippen molar-refractivity contribution in [3.63, 3.8) is 0 Å². The van der Waals surface area contributed by atoms with E-state index in [2.05, 4.69) is 4.98 Å². The second-order valence-electron chi connectivity index (χ2n) is 8.38. The highest BCUT2D eigenvalue weighted by molar-refractivity contribution is 6.01. The van der Waals surface area contributed by atoms with Crippen LogP contribution in [0, 0.1) is 0 Å². The average molecular weight is 367 g/mol. The van der Waals surface area contributed by atoms with Crippen LogP contribution in [0.4, 0.5) is 0 Å². The van der Waals surface area contributed by atoms with Crippen LogP contribution >= 0.6 is 0 Å². The molecule has 1 aromatic heterocycles. The van der Waals surface area contributed by atoms with Crippen LogP contribution < -0.4 is 0 Å². The molecule has 3 heterocycles. The number of rotatable bonds is 2. The molecular weight excluding hydrogens is 342 g/mol. The van der Waals surface area contributed by atoms with Crippen molar-refractivity contribution < 1.29 is 14.7 Å². The fourth-order valence-corrected chi connectivity index (χ4v) is 4.40. The summed E-state index contributed by atoms with van der Waals surface area (Å²) in [5.41, 5.74) is 2.78. The summed E-state index contributed by atoms with van der Waals surface area (Å²) in [5, 5.41) is 9.87. The summed E-state index contributed by atoms with van der Waals surface area (Å²) in [7, 11) is 0. The first-order valence-corrected chi connectivity index (χ1v) is 9.55. The number of imidazole rings is 1. The van der Waals surface area contributed by atoms with E-state index in [1.54, 1.807) is 0 Å². The fourth-order valence-electron chi connectivity index (χ4n) is 4.40. The Bertz CT molecular complexity index is 952. The molecule has 6 nitrogen and oxygen atoms in total. The minimum Gasteiger partial charge on any atom is -0.476 e. The molecule has 2 aliphatic rings. The Kier molecular flexibility index (Phi) is 3.91. The Morgan fingerprint density at radius 3 is 2.70 bits per heavy atom. The first-order valence-electron chi connectivity index (χ1n) is 9.55. The summed E-state index contributed by atoms with van der Waals surface area (Å²) in [5.74, 6) is -0.348. The number of carbonyl (C=O) groups excluding carboxylic acids is 1. The zero-order valence-electron chi connectivity index (χ0n) is 16.2. The standard InChI is InChI=1S/C21H25N3O3/c1-5-12-8-6-9-13-15(12)18(25)23-11-7-10-14(23)17-16(19(26)27)22-20(24(13)17)21(2,3)4/h6,8-9,14H,5,7,10-11H2,1-4H3,(H,26,27)/t14-/m0/s1. The second-order valence-corrected chi connectivity index (χ2v) is 8.38. The summed E-state index contributed by atoms with van der Waals surface area (Å²) >= 11 is 0. The van der Waals surface area contributed by atoms with E-state index < -0.39 is 5.97 Å². The first kappa shape index (κ1) is 17.8. The van der Waals surface area contributed by atoms with Gasteiger partial charge in [-0.3, -0.25) is 9.36 Å². The van der Waals surface area contributed by atoms with Crippen LogP contribution in [0.5, 0.6) is 0 Å². The third kappa shape index (κ3) is 2.50. The summed E-state index contributed by atoms with van der Waals surface area (Å²) in [4.78, 5) is 31.9. The number of hydrogen-bond donors (Lipinski definition) is 1. The Morgan fingerprint density at radius 1 is 1.33 bits per heavy atom. The van der Waals surface area contributed by atoms with Crippen molar-refractivity contribution in [2.45, 2.75) is 58.4 Å². The van der Waals surface area contributed by atoms with Gasteiger partial charge in [-0.15, -0.1) is 0 Å². The predicted molar refractivity (Wildman–Crippen MR) is 102 cm³/mol. The van der Waals surface area contributed by atoms with Crippen LogP contribution in [0.3, 0.4) is 0 Å². The van der Waals surface area contributed by atoms with Crippen LogP contribution in [0.15, 0.2) is 18.2 Å². The van der Waals surface area contributed by atoms with Gasteiger partial charge >= 0.3 is 5.97 Å². The predicted octanol–water partition coefficient (Wildman–Crippen LogP) is 3.72. The van der Waals surface area contributed by atoms with E-state index in [-0.39, 0.29) is 23.1 Å². The Labute approximate surface area is 158 Å². The third-order valence-electron chi connectivity index (χ3n) is 5.58. The maximum atomic E-state index is 13.5. The molecule has 6 heteroatoms. The molecular formula is C21H25N3O3. The van der Waals surface area contributed by atoms with Crippen LogP contribution in [-0.4, -0.2) is 38.0 Å². The molecule has 1 saturated heterocycles. The van der Waals surface area contributed by atoms with Crippen molar-refractivity contribution in [1.82, 2.24) is 14.5 Å². The number of benzene rings is 1. The topological polar surface area (TPSA) is 75.4 Å². The molecule has 1 atom stereocenters. The van der Waals surface area contributed by atoms with Crippen molar-refractivity contribution in [2.75, 3.05) is 6.54 Å². The smallest absolute Gasteiger partial charge is 0.356 e. The van der Waals surface area contributed by atoms with Gasteiger partial charge in [-0.05, 0) is 30.9 Å². The molecule has 0 bridgehead atoms. The van der Waals surface area contributed by atoms with E-state index >= 15 is 0 Å². The van der Waals surface area contributed by atoms with E-state index in [4.69, 9.17) is 0 Å². The van der Waals surface area contributed by atoms with Gasteiger partial charge in [0.2, 0.25) is 0 Å². The van der Waals surface area contributed by atoms with Gasteiger partial charge in [-0.2, -0.15) is 0 Å². The van der Waals surface area contributed by atoms with Crippen molar-refractivity contribution in [3.05, 3.63) is 46.5 Å². The molecule has 1 aromatic carbocycles. The molecule has 0 saturated carbocycles. The third-order valence-corrected chi connectivity index (χ3v) is 5.58. The number of nitrogens with zero attached hydrogens (tertiary/aromatic N) is 3. The Balaban J connectivity index is 2.16. The lowest BCUT2D eigenvalue weighted by Crippen LogP contribution is -2.30. The number of aromatic carboxylic acids is 1. The van der Waals surface area contributed by atoms with E-state index in [1.807, 2.05) is 55.4 Å². The van der Waals surface area contributed by atoms with E-state index in [1.165, 1.54) is 0 Å². The summed E-state index contributed by atoms with van der Waals surface area (Å²) in [6.07, 6.45) is 2.37. The molecule has 0 unspecified atom stereocenters. The number of aryl methyl sites for hydroxylation is 1. The van der Waals surface area contributed by atoms with E-state index in [0.717, 1.165) is 30.5 Å². The van der Waals surface area contributed by atoms with Crippen molar-refractivity contribution in [1.29, 1.82) is 0 Å². The minimum atomic E-state index is -1.04. The highest BCUT2D eigenvalue weighted by Crippen LogP contribution is 2.43. The van der Waals surface area contributed by atoms with Gasteiger partial charge in [0.25, 0.3) is 5.91 Å². The average Bonchev–Trinajstić information content (AvgIpc) is 3.22. The highest BCUT2D eigenvalue weighted by Gasteiger charge is 2.43. The zero-order valence-corrected chi connectivity index (χ0v) is 16.2. The number of aromatic nitrogens is 2. The lowest BCUT2D eigenvalue weighted by Gasteiger charge is -2.23. The van der Waals surface area contributed by atoms with Gasteiger partial charge < -0.3 is 10.0 Å². The maximum absolute atomic E-state index is 13.5. The van der Waals surface area contributed by atoms with Gasteiger partial charge in [0.05, 0.1) is 23.0 Å². The number of carboxylic acid groups (broad SMARTS) is 1. The lowest BCUT2D eigenvalue weighted by atomic mass is 9.94. The van der Waals surface area contributed by atoms with Crippen LogP contribution in [0.1, 0.15) is 84.5 Å². The van der Waals surface area contributed by atoms with E-state index in [0.29, 0.717) is 23.6 Å².